The van der Waals surface area contributed by atoms with Crippen LogP contribution in [0.4, 0.5) is 5.69 Å². The summed E-state index contributed by atoms with van der Waals surface area (Å²) in [6, 6.07) is 9.64. The van der Waals surface area contributed by atoms with Gasteiger partial charge in [-0.15, -0.1) is 0 Å². The van der Waals surface area contributed by atoms with E-state index >= 15 is 0 Å². The zero-order chi connectivity index (χ0) is 20.6. The molecule has 4 rings (SSSR count). The fraction of sp³-hybridized carbons (Fsp3) is 0.565. The Balaban J connectivity index is 1.41. The van der Waals surface area contributed by atoms with Crippen LogP contribution in [0.2, 0.25) is 0 Å². The molecule has 2 aliphatic rings. The first-order valence-corrected chi connectivity index (χ1v) is 10.5. The van der Waals surface area contributed by atoms with E-state index in [0.29, 0.717) is 32.1 Å². The smallest absolute Gasteiger partial charge is 0.233 e. The van der Waals surface area contributed by atoms with Crippen LogP contribution >= 0.6 is 0 Å². The molecule has 0 atom stereocenters. The Hall–Kier alpha value is -2.34. The molecule has 1 N–H and O–H groups in total. The number of aryl methyl sites for hydroxylation is 1. The number of aromatic nitrogens is 1. The maximum Gasteiger partial charge on any atom is 0.233 e. The van der Waals surface area contributed by atoms with E-state index in [-0.39, 0.29) is 17.4 Å². The Morgan fingerprint density at radius 1 is 1.17 bits per heavy atom. The Morgan fingerprint density at radius 2 is 1.86 bits per heavy atom. The minimum Gasteiger partial charge on any atom is -0.491 e. The van der Waals surface area contributed by atoms with Crippen LogP contribution in [-0.4, -0.2) is 34.4 Å². The summed E-state index contributed by atoms with van der Waals surface area (Å²) in [7, 11) is 0. The van der Waals surface area contributed by atoms with E-state index in [9.17, 15) is 9.90 Å². The molecule has 6 heteroatoms. The summed E-state index contributed by atoms with van der Waals surface area (Å²) >= 11 is 0. The number of aliphatic hydroxyl groups is 1. The van der Waals surface area contributed by atoms with E-state index < -0.39 is 5.60 Å². The van der Waals surface area contributed by atoms with Crippen molar-refractivity contribution in [3.63, 3.8) is 0 Å². The van der Waals surface area contributed by atoms with Gasteiger partial charge in [0.15, 0.2) is 0 Å². The molecule has 1 amide bonds. The molecule has 1 aromatic heterocycles. The summed E-state index contributed by atoms with van der Waals surface area (Å²) in [5, 5.41) is 15.0. The molecule has 1 saturated carbocycles. The highest BCUT2D eigenvalue weighted by Gasteiger charge is 2.51. The van der Waals surface area contributed by atoms with E-state index in [1.165, 1.54) is 0 Å². The maximum atomic E-state index is 13.3. The fourth-order valence-electron chi connectivity index (χ4n) is 4.72. The van der Waals surface area contributed by atoms with Gasteiger partial charge >= 0.3 is 0 Å². The van der Waals surface area contributed by atoms with Crippen molar-refractivity contribution in [3.8, 4) is 5.75 Å². The molecule has 156 valence electrons. The van der Waals surface area contributed by atoms with Gasteiger partial charge in [0.1, 0.15) is 11.5 Å². The largest absolute Gasteiger partial charge is 0.491 e. The molecule has 1 saturated heterocycles. The number of carbonyl (C=O) groups excluding carboxylic acids is 1. The molecular formula is C23H30N2O4. The number of benzene rings is 1. The van der Waals surface area contributed by atoms with Crippen LogP contribution in [0, 0.1) is 12.3 Å². The first-order valence-electron chi connectivity index (χ1n) is 10.5. The third-order valence-electron chi connectivity index (χ3n) is 6.36. The molecule has 1 aliphatic carbocycles. The lowest BCUT2D eigenvalue weighted by atomic mass is 9.66. The zero-order valence-electron chi connectivity index (χ0n) is 17.5. The molecule has 2 aromatic rings. The Morgan fingerprint density at radius 3 is 2.45 bits per heavy atom. The lowest BCUT2D eigenvalue weighted by molar-refractivity contribution is -0.130. The number of rotatable bonds is 5. The van der Waals surface area contributed by atoms with Gasteiger partial charge in [-0.1, -0.05) is 5.16 Å². The molecule has 0 unspecified atom stereocenters. The number of nitrogens with zero attached hydrogens (tertiary/aromatic N) is 2. The van der Waals surface area contributed by atoms with Crippen molar-refractivity contribution in [1.82, 2.24) is 5.16 Å². The highest BCUT2D eigenvalue weighted by atomic mass is 16.5. The normalized spacial score (nSPS) is 27.2. The summed E-state index contributed by atoms with van der Waals surface area (Å²) in [4.78, 5) is 15.2. The molecular weight excluding hydrogens is 368 g/mol. The molecule has 6 nitrogen and oxygen atoms in total. The van der Waals surface area contributed by atoms with Gasteiger partial charge in [-0.3, -0.25) is 4.79 Å². The van der Waals surface area contributed by atoms with E-state index in [4.69, 9.17) is 9.26 Å². The second-order valence-corrected chi connectivity index (χ2v) is 8.98. The van der Waals surface area contributed by atoms with E-state index in [1.807, 2.05) is 56.0 Å². The predicted molar refractivity (Wildman–Crippen MR) is 110 cm³/mol. The van der Waals surface area contributed by atoms with Crippen molar-refractivity contribution in [1.29, 1.82) is 0 Å². The highest BCUT2D eigenvalue weighted by molar-refractivity contribution is 6.00. The minimum absolute atomic E-state index is 0.125. The quantitative estimate of drug-likeness (QED) is 0.823. The number of hydrogen-bond acceptors (Lipinski definition) is 5. The predicted octanol–water partition coefficient (Wildman–Crippen LogP) is 4.04. The van der Waals surface area contributed by atoms with Crippen LogP contribution in [0.5, 0.6) is 5.75 Å². The fourth-order valence-corrected chi connectivity index (χ4v) is 4.72. The van der Waals surface area contributed by atoms with Gasteiger partial charge in [-0.2, -0.15) is 0 Å². The average molecular weight is 399 g/mol. The molecule has 1 aromatic carbocycles. The maximum absolute atomic E-state index is 13.3. The SMILES string of the molecule is Cc1cc(C[C@]2(O)CC[C@@]3(CCN(c4ccc(OC(C)C)cc4)C3=O)CC2)no1. The van der Waals surface area contributed by atoms with E-state index in [2.05, 4.69) is 5.16 Å². The monoisotopic (exact) mass is 398 g/mol. The van der Waals surface area contributed by atoms with Gasteiger partial charge in [-0.25, -0.2) is 0 Å². The molecule has 2 fully saturated rings. The first kappa shape index (κ1) is 20.0. The zero-order valence-corrected chi connectivity index (χ0v) is 17.5. The van der Waals surface area contributed by atoms with Crippen LogP contribution in [0.25, 0.3) is 0 Å². The molecule has 29 heavy (non-hydrogen) atoms. The second-order valence-electron chi connectivity index (χ2n) is 8.98. The second kappa shape index (κ2) is 7.48. The number of anilines is 1. The first-order chi connectivity index (χ1) is 13.8. The van der Waals surface area contributed by atoms with Gasteiger partial charge in [-0.05, 0) is 77.1 Å². The Labute approximate surface area is 171 Å². The third-order valence-corrected chi connectivity index (χ3v) is 6.36. The molecule has 1 aliphatic heterocycles. The van der Waals surface area contributed by atoms with Crippen LogP contribution in [0.3, 0.4) is 0 Å². The highest BCUT2D eigenvalue weighted by Crippen LogP contribution is 2.49. The van der Waals surface area contributed by atoms with Crippen LogP contribution in [-0.2, 0) is 11.2 Å². The average Bonchev–Trinajstić information content (AvgIpc) is 3.22. The lowest BCUT2D eigenvalue weighted by Crippen LogP contribution is -2.44. The van der Waals surface area contributed by atoms with Gasteiger partial charge < -0.3 is 19.3 Å². The van der Waals surface area contributed by atoms with Crippen molar-refractivity contribution < 1.29 is 19.2 Å². The molecule has 0 radical (unpaired) electrons. The Kier molecular flexibility index (Phi) is 5.15. The van der Waals surface area contributed by atoms with E-state index in [0.717, 1.165) is 35.9 Å². The number of hydrogen-bond donors (Lipinski definition) is 1. The van der Waals surface area contributed by atoms with Gasteiger partial charge in [0.05, 0.1) is 22.8 Å². The Bertz CT molecular complexity index is 863. The topological polar surface area (TPSA) is 75.8 Å². The molecule has 1 spiro atoms. The van der Waals surface area contributed by atoms with Crippen molar-refractivity contribution in [2.45, 2.75) is 71.0 Å². The van der Waals surface area contributed by atoms with Crippen molar-refractivity contribution >= 4 is 11.6 Å². The number of carbonyl (C=O) groups is 1. The third kappa shape index (κ3) is 4.04. The minimum atomic E-state index is -0.807. The summed E-state index contributed by atoms with van der Waals surface area (Å²) in [5.74, 6) is 1.76. The van der Waals surface area contributed by atoms with Crippen LogP contribution in [0.1, 0.15) is 57.4 Å². The standard InChI is InChI=1S/C23H30N2O4/c1-16(2)28-20-6-4-19(5-7-20)25-13-12-22(21(25)26)8-10-23(27,11-9-22)15-18-14-17(3)29-24-18/h4-7,14,16,27H,8-13,15H2,1-3H3/t22-,23-. The number of ether oxygens (including phenoxy) is 1. The number of amides is 1. The molecule has 0 bridgehead atoms. The summed E-state index contributed by atoms with van der Waals surface area (Å²) in [5.41, 5.74) is 0.544. The van der Waals surface area contributed by atoms with Crippen LogP contribution in [0.15, 0.2) is 34.9 Å². The lowest BCUT2D eigenvalue weighted by Gasteiger charge is -2.40. The summed E-state index contributed by atoms with van der Waals surface area (Å²) in [6.45, 7) is 6.57. The van der Waals surface area contributed by atoms with Gasteiger partial charge in [0, 0.05) is 24.7 Å². The summed E-state index contributed by atoms with van der Waals surface area (Å²) < 4.78 is 10.8. The van der Waals surface area contributed by atoms with Gasteiger partial charge in [0.25, 0.3) is 0 Å². The molecule has 2 heterocycles. The van der Waals surface area contributed by atoms with Crippen LogP contribution < -0.4 is 9.64 Å². The van der Waals surface area contributed by atoms with Crippen molar-refractivity contribution in [3.05, 3.63) is 41.8 Å². The van der Waals surface area contributed by atoms with Crippen molar-refractivity contribution in [2.75, 3.05) is 11.4 Å². The van der Waals surface area contributed by atoms with E-state index in [1.54, 1.807) is 0 Å². The van der Waals surface area contributed by atoms with Gasteiger partial charge in [0.2, 0.25) is 5.91 Å². The van der Waals surface area contributed by atoms with Crippen molar-refractivity contribution in [2.24, 2.45) is 5.41 Å². The summed E-state index contributed by atoms with van der Waals surface area (Å²) in [6.07, 6.45) is 4.10.